The standard InChI is InChI=1S/C41H49N7O10/c1-4-5-6-30-46-32-33(26-13-12-25(39(53)54)18-27(26)45-38(32)43)47(30)19-22-7-9-23(10-8-22)20-48(2,3)21-24-11-14-29(28(17-24)44-31(49)15-16-42)57-41-36(52)34(50)35(51)37(58-41)40(55)56/h7-14,17-18,34-37,41,50-52H,4-6,15-16,19-21,42H2,1-3H3,(H4-,43,44,45,49,53,54,55,56)/p+1/t34-,35-,36+,37-,41+/m0/s1. The summed E-state index contributed by atoms with van der Waals surface area (Å²) in [7, 11) is 4.12. The summed E-state index contributed by atoms with van der Waals surface area (Å²) in [5.74, 6) is -1.82. The minimum Gasteiger partial charge on any atom is -0.479 e. The molecule has 5 atom stereocenters. The number of fused-ring (bicyclic) bond motifs is 3. The molecule has 0 radical (unpaired) electrons. The number of hydrogen-bond acceptors (Lipinski definition) is 12. The van der Waals surface area contributed by atoms with Gasteiger partial charge in [-0.05, 0) is 48.4 Å². The second kappa shape index (κ2) is 17.4. The van der Waals surface area contributed by atoms with Crippen LogP contribution in [0.4, 0.5) is 11.5 Å². The van der Waals surface area contributed by atoms with E-state index in [1.54, 1.807) is 30.3 Å². The zero-order valence-corrected chi connectivity index (χ0v) is 32.5. The van der Waals surface area contributed by atoms with Crippen molar-refractivity contribution in [1.82, 2.24) is 14.5 Å². The van der Waals surface area contributed by atoms with Crippen LogP contribution in [0.3, 0.4) is 0 Å². The molecule has 6 rings (SSSR count). The van der Waals surface area contributed by atoms with Crippen molar-refractivity contribution in [3.8, 4) is 5.75 Å². The van der Waals surface area contributed by atoms with Gasteiger partial charge in [-0.25, -0.2) is 19.6 Å². The highest BCUT2D eigenvalue weighted by molar-refractivity contribution is 6.08. The smallest absolute Gasteiger partial charge is 0.335 e. The van der Waals surface area contributed by atoms with E-state index in [-0.39, 0.29) is 35.8 Å². The molecule has 1 aliphatic rings. The van der Waals surface area contributed by atoms with Gasteiger partial charge in [0.05, 0.1) is 36.4 Å². The molecular weight excluding hydrogens is 750 g/mol. The summed E-state index contributed by atoms with van der Waals surface area (Å²) in [6, 6.07) is 18.2. The molecule has 10 N–H and O–H groups in total. The van der Waals surface area contributed by atoms with Crippen LogP contribution >= 0.6 is 0 Å². The Morgan fingerprint density at radius 3 is 2.28 bits per heavy atom. The van der Waals surface area contributed by atoms with Gasteiger partial charge in [0.1, 0.15) is 48.5 Å². The quantitative estimate of drug-likeness (QED) is 0.0667. The molecule has 1 amide bonds. The van der Waals surface area contributed by atoms with E-state index in [1.165, 1.54) is 6.07 Å². The van der Waals surface area contributed by atoms with Gasteiger partial charge in [0.2, 0.25) is 12.2 Å². The molecule has 1 saturated heterocycles. The molecule has 3 aromatic carbocycles. The Hall–Kier alpha value is -5.69. The number of aromatic nitrogens is 3. The number of carbonyl (C=O) groups is 3. The summed E-state index contributed by atoms with van der Waals surface area (Å²) >= 11 is 0. The number of carboxylic acid groups (broad SMARTS) is 2. The summed E-state index contributed by atoms with van der Waals surface area (Å²) in [4.78, 5) is 45.3. The third-order valence-electron chi connectivity index (χ3n) is 10.1. The van der Waals surface area contributed by atoms with Crippen molar-refractivity contribution in [2.75, 3.05) is 31.7 Å². The van der Waals surface area contributed by atoms with Crippen LogP contribution < -0.4 is 21.5 Å². The Kier molecular flexibility index (Phi) is 12.6. The van der Waals surface area contributed by atoms with Gasteiger partial charge in [-0.3, -0.25) is 4.79 Å². The average molecular weight is 801 g/mol. The van der Waals surface area contributed by atoms with E-state index in [9.17, 15) is 39.9 Å². The molecule has 58 heavy (non-hydrogen) atoms. The summed E-state index contributed by atoms with van der Waals surface area (Å²) < 4.78 is 13.8. The molecule has 5 aromatic rings. The largest absolute Gasteiger partial charge is 0.479 e. The van der Waals surface area contributed by atoms with Gasteiger partial charge < -0.3 is 60.8 Å². The van der Waals surface area contributed by atoms with Crippen molar-refractivity contribution in [3.63, 3.8) is 0 Å². The highest BCUT2D eigenvalue weighted by Gasteiger charge is 2.48. The second-order valence-corrected chi connectivity index (χ2v) is 15.3. The Labute approximate surface area is 334 Å². The van der Waals surface area contributed by atoms with E-state index in [0.717, 1.165) is 52.7 Å². The normalized spacial score (nSPS) is 19.7. The molecule has 0 spiro atoms. The Morgan fingerprint density at radius 1 is 0.914 bits per heavy atom. The number of benzene rings is 3. The first-order valence-corrected chi connectivity index (χ1v) is 19.0. The number of aromatic carboxylic acids is 1. The van der Waals surface area contributed by atoms with Gasteiger partial charge in [0, 0.05) is 42.4 Å². The SMILES string of the molecule is CCCCc1nc2c(N)nc3cc(C(=O)O)ccc3c2n1Cc1ccc(C[N+](C)(C)Cc2ccc(O[C@@H]3O[C@H](C(=O)O)[C@@H](O)[C@H](O)[C@H]3O)c(NC(=O)CCN)c2)cc1. The van der Waals surface area contributed by atoms with Crippen molar-refractivity contribution in [3.05, 3.63) is 88.7 Å². The van der Waals surface area contributed by atoms with Gasteiger partial charge in [0.15, 0.2) is 11.9 Å². The number of rotatable bonds is 16. The fourth-order valence-corrected chi connectivity index (χ4v) is 7.26. The maximum absolute atomic E-state index is 12.6. The number of carbonyl (C=O) groups excluding carboxylic acids is 1. The molecule has 3 heterocycles. The van der Waals surface area contributed by atoms with Crippen molar-refractivity contribution in [1.29, 1.82) is 0 Å². The van der Waals surface area contributed by atoms with Crippen molar-refractivity contribution in [2.24, 2.45) is 5.73 Å². The minimum absolute atomic E-state index is 0.0162. The number of ether oxygens (including phenoxy) is 2. The van der Waals surface area contributed by atoms with Crippen LogP contribution in [0.5, 0.6) is 5.75 Å². The lowest BCUT2D eigenvalue weighted by atomic mass is 9.99. The van der Waals surface area contributed by atoms with Gasteiger partial charge in [-0.15, -0.1) is 0 Å². The molecule has 0 aliphatic carbocycles. The van der Waals surface area contributed by atoms with Crippen molar-refractivity contribution >= 4 is 51.3 Å². The predicted molar refractivity (Wildman–Crippen MR) is 214 cm³/mol. The summed E-state index contributed by atoms with van der Waals surface area (Å²) in [5, 5.41) is 53.4. The molecule has 2 aromatic heterocycles. The van der Waals surface area contributed by atoms with E-state index in [1.807, 2.05) is 0 Å². The summed E-state index contributed by atoms with van der Waals surface area (Å²) in [6.45, 7) is 3.88. The number of carboxylic acids is 2. The van der Waals surface area contributed by atoms with Gasteiger partial charge in [0.25, 0.3) is 0 Å². The number of aryl methyl sites for hydroxylation is 1. The molecule has 0 bridgehead atoms. The molecule has 308 valence electrons. The van der Waals surface area contributed by atoms with Gasteiger partial charge >= 0.3 is 11.9 Å². The Balaban J connectivity index is 1.21. The molecule has 0 saturated carbocycles. The molecule has 0 unspecified atom stereocenters. The third-order valence-corrected chi connectivity index (χ3v) is 10.1. The number of unbranched alkanes of at least 4 members (excludes halogenated alkanes) is 1. The number of nitrogens with zero attached hydrogens (tertiary/aromatic N) is 4. The number of quaternary nitrogens is 1. The van der Waals surface area contributed by atoms with Crippen LogP contribution in [-0.4, -0.2) is 114 Å². The molecule has 1 fully saturated rings. The van der Waals surface area contributed by atoms with Gasteiger partial charge in [-0.1, -0.05) is 37.6 Å². The number of aliphatic hydroxyl groups excluding tert-OH is 3. The van der Waals surface area contributed by atoms with Gasteiger partial charge in [-0.2, -0.15) is 0 Å². The van der Waals surface area contributed by atoms with E-state index in [2.05, 4.69) is 60.2 Å². The number of imidazole rings is 1. The van der Waals surface area contributed by atoms with Crippen molar-refractivity contribution in [2.45, 2.75) is 82.9 Å². The van der Waals surface area contributed by atoms with Crippen LogP contribution in [0, 0.1) is 0 Å². The number of pyridine rings is 1. The van der Waals surface area contributed by atoms with E-state index >= 15 is 0 Å². The lowest BCUT2D eigenvalue weighted by Crippen LogP contribution is -2.61. The fraction of sp³-hybridized carbons (Fsp3) is 0.390. The predicted octanol–water partition coefficient (Wildman–Crippen LogP) is 2.59. The highest BCUT2D eigenvalue weighted by atomic mass is 16.7. The first kappa shape index (κ1) is 41.9. The summed E-state index contributed by atoms with van der Waals surface area (Å²) in [6.07, 6.45) is -6.38. The molecule has 17 heteroatoms. The number of anilines is 2. The number of hydrogen-bond donors (Lipinski definition) is 8. The van der Waals surface area contributed by atoms with Crippen LogP contribution in [0.1, 0.15) is 59.1 Å². The van der Waals surface area contributed by atoms with Crippen LogP contribution in [0.2, 0.25) is 0 Å². The number of nitrogens with one attached hydrogen (secondary N) is 1. The Morgan fingerprint density at radius 2 is 1.60 bits per heavy atom. The average Bonchev–Trinajstić information content (AvgIpc) is 3.53. The highest BCUT2D eigenvalue weighted by Crippen LogP contribution is 2.33. The number of nitrogens with two attached hydrogens (primary N) is 2. The van der Waals surface area contributed by atoms with E-state index < -0.39 is 48.6 Å². The molecular formula is C41H50N7O10+. The maximum atomic E-state index is 12.6. The van der Waals surface area contributed by atoms with E-state index in [4.69, 9.17) is 25.9 Å². The zero-order valence-electron chi connectivity index (χ0n) is 32.5. The zero-order chi connectivity index (χ0) is 41.9. The molecule has 1 aliphatic heterocycles. The molecule has 17 nitrogen and oxygen atoms in total. The monoisotopic (exact) mass is 800 g/mol. The van der Waals surface area contributed by atoms with Crippen molar-refractivity contribution < 1.29 is 53.9 Å². The third kappa shape index (κ3) is 9.20. The minimum atomic E-state index is -1.88. The van der Waals surface area contributed by atoms with Crippen LogP contribution in [-0.2, 0) is 40.4 Å². The lowest BCUT2D eigenvalue weighted by molar-refractivity contribution is -0.916. The number of nitrogen functional groups attached to an aromatic ring is 1. The summed E-state index contributed by atoms with van der Waals surface area (Å²) in [5.41, 5.74) is 17.1. The van der Waals surface area contributed by atoms with Crippen LogP contribution in [0.15, 0.2) is 60.7 Å². The topological polar surface area (TPSA) is 266 Å². The maximum Gasteiger partial charge on any atom is 0.335 e. The number of aliphatic carboxylic acids is 1. The first-order chi connectivity index (χ1) is 27.6. The number of aliphatic hydroxyl groups is 3. The lowest BCUT2D eigenvalue weighted by Gasteiger charge is -2.38. The van der Waals surface area contributed by atoms with E-state index in [0.29, 0.717) is 35.2 Å². The number of amides is 1. The first-order valence-electron chi connectivity index (χ1n) is 19.0. The fourth-order valence-electron chi connectivity index (χ4n) is 7.26. The Bertz CT molecular complexity index is 2310. The van der Waals surface area contributed by atoms with Crippen LogP contribution in [0.25, 0.3) is 21.9 Å². The second-order valence-electron chi connectivity index (χ2n) is 15.3.